The Balaban J connectivity index is 2.07. The molecular formula is C14H20FN. The van der Waals surface area contributed by atoms with Gasteiger partial charge in [0.25, 0.3) is 0 Å². The highest BCUT2D eigenvalue weighted by Gasteiger charge is 2.14. The van der Waals surface area contributed by atoms with E-state index in [4.69, 9.17) is 0 Å². The van der Waals surface area contributed by atoms with Gasteiger partial charge in [0.05, 0.1) is 5.69 Å². The van der Waals surface area contributed by atoms with Crippen LogP contribution < -0.4 is 5.32 Å². The number of halogens is 1. The molecule has 88 valence electrons. The van der Waals surface area contributed by atoms with Crippen molar-refractivity contribution in [3.8, 4) is 0 Å². The highest BCUT2D eigenvalue weighted by Crippen LogP contribution is 2.24. The van der Waals surface area contributed by atoms with E-state index >= 15 is 0 Å². The van der Waals surface area contributed by atoms with Gasteiger partial charge in [0.2, 0.25) is 0 Å². The average Bonchev–Trinajstić information content (AvgIpc) is 2.52. The van der Waals surface area contributed by atoms with Crippen LogP contribution in [0, 0.1) is 12.7 Å². The second kappa shape index (κ2) is 5.33. The fourth-order valence-corrected chi connectivity index (χ4v) is 2.44. The Morgan fingerprint density at radius 1 is 1.12 bits per heavy atom. The van der Waals surface area contributed by atoms with Crippen LogP contribution in [0.5, 0.6) is 0 Å². The number of hydrogen-bond acceptors (Lipinski definition) is 1. The lowest BCUT2D eigenvalue weighted by atomic mass is 10.1. The summed E-state index contributed by atoms with van der Waals surface area (Å²) in [5, 5.41) is 3.38. The molecule has 1 aromatic carbocycles. The van der Waals surface area contributed by atoms with Crippen molar-refractivity contribution in [1.29, 1.82) is 0 Å². The van der Waals surface area contributed by atoms with Gasteiger partial charge in [-0.1, -0.05) is 37.8 Å². The summed E-state index contributed by atoms with van der Waals surface area (Å²) in [6.45, 7) is 1.96. The molecule has 1 fully saturated rings. The average molecular weight is 221 g/mol. The normalized spacial score (nSPS) is 18.1. The summed E-state index contributed by atoms with van der Waals surface area (Å²) in [5.74, 6) is -0.121. The van der Waals surface area contributed by atoms with Crippen LogP contribution in [-0.4, -0.2) is 6.04 Å². The van der Waals surface area contributed by atoms with Crippen molar-refractivity contribution >= 4 is 5.69 Å². The van der Waals surface area contributed by atoms with E-state index in [2.05, 4.69) is 5.32 Å². The molecule has 0 radical (unpaired) electrons. The molecule has 1 saturated carbocycles. The maximum absolute atomic E-state index is 13.6. The molecule has 0 aromatic heterocycles. The third-order valence-corrected chi connectivity index (χ3v) is 3.43. The number of para-hydroxylation sites is 1. The first-order chi connectivity index (χ1) is 7.77. The highest BCUT2D eigenvalue weighted by atomic mass is 19.1. The van der Waals surface area contributed by atoms with Crippen LogP contribution in [0.1, 0.15) is 44.1 Å². The fourth-order valence-electron chi connectivity index (χ4n) is 2.44. The van der Waals surface area contributed by atoms with Crippen LogP contribution in [0.25, 0.3) is 0 Å². The van der Waals surface area contributed by atoms with E-state index < -0.39 is 0 Å². The topological polar surface area (TPSA) is 12.0 Å². The van der Waals surface area contributed by atoms with Crippen molar-refractivity contribution < 1.29 is 4.39 Å². The van der Waals surface area contributed by atoms with Crippen molar-refractivity contribution in [3.63, 3.8) is 0 Å². The van der Waals surface area contributed by atoms with Gasteiger partial charge in [-0.3, -0.25) is 0 Å². The van der Waals surface area contributed by atoms with Gasteiger partial charge in [0, 0.05) is 6.04 Å². The quantitative estimate of drug-likeness (QED) is 0.735. The molecule has 1 aliphatic rings. The molecule has 2 heteroatoms. The molecule has 0 bridgehead atoms. The Labute approximate surface area is 97.1 Å². The van der Waals surface area contributed by atoms with E-state index in [0.717, 1.165) is 5.56 Å². The summed E-state index contributed by atoms with van der Waals surface area (Å²) in [6.07, 6.45) is 7.54. The molecule has 0 aliphatic heterocycles. The van der Waals surface area contributed by atoms with Gasteiger partial charge >= 0.3 is 0 Å². The van der Waals surface area contributed by atoms with Crippen LogP contribution in [-0.2, 0) is 0 Å². The summed E-state index contributed by atoms with van der Waals surface area (Å²) in [7, 11) is 0. The third kappa shape index (κ3) is 2.75. The van der Waals surface area contributed by atoms with Gasteiger partial charge < -0.3 is 5.32 Å². The zero-order valence-corrected chi connectivity index (χ0v) is 9.93. The minimum atomic E-state index is -0.121. The van der Waals surface area contributed by atoms with Crippen LogP contribution >= 0.6 is 0 Å². The number of anilines is 1. The van der Waals surface area contributed by atoms with Crippen molar-refractivity contribution in [2.45, 2.75) is 51.5 Å². The van der Waals surface area contributed by atoms with E-state index in [1.807, 2.05) is 13.0 Å². The summed E-state index contributed by atoms with van der Waals surface area (Å²) in [5.41, 5.74) is 1.71. The van der Waals surface area contributed by atoms with Gasteiger partial charge in [0.15, 0.2) is 0 Å². The summed E-state index contributed by atoms with van der Waals surface area (Å²) in [6, 6.07) is 5.72. The molecule has 1 aromatic rings. The number of hydrogen-bond donors (Lipinski definition) is 1. The fraction of sp³-hybridized carbons (Fsp3) is 0.571. The predicted octanol–water partition coefficient (Wildman–Crippen LogP) is 4.27. The second-order valence-corrected chi connectivity index (χ2v) is 4.76. The van der Waals surface area contributed by atoms with E-state index in [1.165, 1.54) is 44.6 Å². The Bertz CT molecular complexity index is 320. The Morgan fingerprint density at radius 2 is 1.81 bits per heavy atom. The monoisotopic (exact) mass is 221 g/mol. The molecule has 1 nitrogen and oxygen atoms in total. The lowest BCUT2D eigenvalue weighted by Crippen LogP contribution is -2.19. The zero-order valence-electron chi connectivity index (χ0n) is 9.93. The van der Waals surface area contributed by atoms with E-state index in [1.54, 1.807) is 6.07 Å². The first-order valence-corrected chi connectivity index (χ1v) is 6.29. The molecular weight excluding hydrogens is 201 g/mol. The number of benzene rings is 1. The van der Waals surface area contributed by atoms with Crippen LogP contribution in [0.4, 0.5) is 10.1 Å². The molecule has 0 unspecified atom stereocenters. The molecule has 0 heterocycles. The largest absolute Gasteiger partial charge is 0.380 e. The van der Waals surface area contributed by atoms with Crippen molar-refractivity contribution in [1.82, 2.24) is 0 Å². The van der Waals surface area contributed by atoms with Gasteiger partial charge in [-0.15, -0.1) is 0 Å². The minimum Gasteiger partial charge on any atom is -0.380 e. The molecule has 16 heavy (non-hydrogen) atoms. The van der Waals surface area contributed by atoms with Crippen LogP contribution in [0.15, 0.2) is 18.2 Å². The first-order valence-electron chi connectivity index (χ1n) is 6.29. The number of aryl methyl sites for hydroxylation is 1. The summed E-state index contributed by atoms with van der Waals surface area (Å²) in [4.78, 5) is 0. The molecule has 2 rings (SSSR count). The molecule has 0 saturated heterocycles. The maximum atomic E-state index is 13.6. The lowest BCUT2D eigenvalue weighted by Gasteiger charge is -2.19. The Morgan fingerprint density at radius 3 is 2.44 bits per heavy atom. The van der Waals surface area contributed by atoms with Crippen molar-refractivity contribution in [2.24, 2.45) is 0 Å². The van der Waals surface area contributed by atoms with Crippen molar-refractivity contribution in [3.05, 3.63) is 29.6 Å². The zero-order chi connectivity index (χ0) is 11.4. The smallest absolute Gasteiger partial charge is 0.146 e. The number of rotatable bonds is 2. The summed E-state index contributed by atoms with van der Waals surface area (Å²) >= 11 is 0. The van der Waals surface area contributed by atoms with Gasteiger partial charge in [-0.05, 0) is 31.4 Å². The van der Waals surface area contributed by atoms with Crippen molar-refractivity contribution in [2.75, 3.05) is 5.32 Å². The predicted molar refractivity (Wildman–Crippen MR) is 66.2 cm³/mol. The van der Waals surface area contributed by atoms with Gasteiger partial charge in [-0.2, -0.15) is 0 Å². The highest BCUT2D eigenvalue weighted by molar-refractivity contribution is 5.52. The maximum Gasteiger partial charge on any atom is 0.146 e. The van der Waals surface area contributed by atoms with Gasteiger partial charge in [0.1, 0.15) is 5.82 Å². The SMILES string of the molecule is Cc1cccc(F)c1NC1CCCCCC1. The third-order valence-electron chi connectivity index (χ3n) is 3.43. The van der Waals surface area contributed by atoms with E-state index in [-0.39, 0.29) is 5.82 Å². The molecule has 0 amide bonds. The molecule has 0 spiro atoms. The standard InChI is InChI=1S/C14H20FN/c1-11-7-6-10-13(15)14(11)16-12-8-4-2-3-5-9-12/h6-7,10,12,16H,2-5,8-9H2,1H3. The minimum absolute atomic E-state index is 0.121. The van der Waals surface area contributed by atoms with Gasteiger partial charge in [-0.25, -0.2) is 4.39 Å². The van der Waals surface area contributed by atoms with E-state index in [0.29, 0.717) is 11.7 Å². The van der Waals surface area contributed by atoms with Crippen LogP contribution in [0.2, 0.25) is 0 Å². The van der Waals surface area contributed by atoms with E-state index in [9.17, 15) is 4.39 Å². The molecule has 1 N–H and O–H groups in total. The Hall–Kier alpha value is -1.05. The number of nitrogens with one attached hydrogen (secondary N) is 1. The molecule has 1 aliphatic carbocycles. The summed E-state index contributed by atoms with van der Waals surface area (Å²) < 4.78 is 13.6. The molecule has 0 atom stereocenters. The second-order valence-electron chi connectivity index (χ2n) is 4.76. The van der Waals surface area contributed by atoms with Crippen LogP contribution in [0.3, 0.4) is 0 Å². The Kier molecular flexibility index (Phi) is 3.81. The lowest BCUT2D eigenvalue weighted by molar-refractivity contribution is 0.596. The first kappa shape index (κ1) is 11.4.